The van der Waals surface area contributed by atoms with Crippen molar-refractivity contribution in [3.8, 4) is 0 Å². The first kappa shape index (κ1) is 12.4. The van der Waals surface area contributed by atoms with Crippen LogP contribution in [0.1, 0.15) is 52.9 Å². The molecule has 0 aromatic heterocycles. The van der Waals surface area contributed by atoms with Gasteiger partial charge in [0.15, 0.2) is 0 Å². The normalized spacial score (nSPS) is 34.3. The fraction of sp³-hybridized carbons (Fsp3) is 1.00. The van der Waals surface area contributed by atoms with Crippen LogP contribution in [0.5, 0.6) is 0 Å². The van der Waals surface area contributed by atoms with Crippen molar-refractivity contribution in [3.05, 3.63) is 0 Å². The van der Waals surface area contributed by atoms with Gasteiger partial charge in [0, 0.05) is 18.6 Å². The fourth-order valence-corrected chi connectivity index (χ4v) is 3.10. The Hall–Kier alpha value is -0.0800. The van der Waals surface area contributed by atoms with Gasteiger partial charge in [-0.1, -0.05) is 20.8 Å². The molecule has 0 amide bonds. The summed E-state index contributed by atoms with van der Waals surface area (Å²) < 4.78 is 0. The van der Waals surface area contributed by atoms with Crippen LogP contribution < -0.4 is 5.73 Å². The molecular formula is C14H28N2. The SMILES string of the molecule is CCN(CC1CC1)C1CC(C)(C)CCC1N. The van der Waals surface area contributed by atoms with Crippen LogP contribution in [0.15, 0.2) is 0 Å². The summed E-state index contributed by atoms with van der Waals surface area (Å²) in [7, 11) is 0. The molecule has 0 aromatic rings. The average Bonchev–Trinajstić information content (AvgIpc) is 3.02. The Balaban J connectivity index is 1.97. The quantitative estimate of drug-likeness (QED) is 0.795. The predicted molar refractivity (Wildman–Crippen MR) is 69.4 cm³/mol. The molecule has 2 N–H and O–H groups in total. The highest BCUT2D eigenvalue weighted by molar-refractivity contribution is 4.94. The van der Waals surface area contributed by atoms with Crippen LogP contribution >= 0.6 is 0 Å². The predicted octanol–water partition coefficient (Wildman–Crippen LogP) is 2.62. The van der Waals surface area contributed by atoms with Crippen molar-refractivity contribution in [1.82, 2.24) is 4.90 Å². The Morgan fingerprint density at radius 2 is 1.94 bits per heavy atom. The minimum Gasteiger partial charge on any atom is -0.326 e. The molecule has 0 heterocycles. The molecule has 2 unspecified atom stereocenters. The molecule has 0 saturated heterocycles. The van der Waals surface area contributed by atoms with E-state index in [-0.39, 0.29) is 0 Å². The molecule has 0 aromatic carbocycles. The second-order valence-electron chi connectivity index (χ2n) is 6.67. The third-order valence-electron chi connectivity index (χ3n) is 4.48. The minimum atomic E-state index is 0.409. The Morgan fingerprint density at radius 3 is 2.50 bits per heavy atom. The largest absolute Gasteiger partial charge is 0.326 e. The van der Waals surface area contributed by atoms with Crippen molar-refractivity contribution in [2.45, 2.75) is 65.0 Å². The first-order chi connectivity index (χ1) is 7.52. The van der Waals surface area contributed by atoms with Gasteiger partial charge in [0.2, 0.25) is 0 Å². The molecule has 0 aliphatic heterocycles. The molecule has 0 bridgehead atoms. The maximum absolute atomic E-state index is 6.33. The van der Waals surface area contributed by atoms with Gasteiger partial charge in [0.05, 0.1) is 0 Å². The van der Waals surface area contributed by atoms with Gasteiger partial charge in [0.1, 0.15) is 0 Å². The van der Waals surface area contributed by atoms with Crippen LogP contribution in [-0.2, 0) is 0 Å². The lowest BCUT2D eigenvalue weighted by Gasteiger charge is -2.44. The number of likely N-dealkylation sites (N-methyl/N-ethyl adjacent to an activating group) is 1. The van der Waals surface area contributed by atoms with E-state index in [4.69, 9.17) is 5.73 Å². The molecule has 2 atom stereocenters. The number of rotatable bonds is 4. The zero-order valence-corrected chi connectivity index (χ0v) is 11.2. The molecule has 2 heteroatoms. The maximum Gasteiger partial charge on any atom is 0.0252 e. The summed E-state index contributed by atoms with van der Waals surface area (Å²) in [5.41, 5.74) is 6.83. The van der Waals surface area contributed by atoms with Crippen LogP contribution in [0.2, 0.25) is 0 Å². The summed E-state index contributed by atoms with van der Waals surface area (Å²) in [6.45, 7) is 9.56. The first-order valence-electron chi connectivity index (χ1n) is 7.01. The highest BCUT2D eigenvalue weighted by atomic mass is 15.2. The molecule has 2 saturated carbocycles. The van der Waals surface area contributed by atoms with Gasteiger partial charge >= 0.3 is 0 Å². The molecule has 2 aliphatic rings. The molecule has 0 radical (unpaired) electrons. The van der Waals surface area contributed by atoms with Gasteiger partial charge in [-0.05, 0) is 50.0 Å². The van der Waals surface area contributed by atoms with E-state index in [1.807, 2.05) is 0 Å². The standard InChI is InChI=1S/C14H28N2/c1-4-16(10-11-5-6-11)13-9-14(2,3)8-7-12(13)15/h11-13H,4-10,15H2,1-3H3. The Bertz CT molecular complexity index is 233. The Kier molecular flexibility index (Phi) is 3.60. The highest BCUT2D eigenvalue weighted by Gasteiger charge is 2.37. The topological polar surface area (TPSA) is 29.3 Å². The zero-order chi connectivity index (χ0) is 11.8. The molecule has 2 rings (SSSR count). The average molecular weight is 224 g/mol. The lowest BCUT2D eigenvalue weighted by molar-refractivity contribution is 0.0781. The van der Waals surface area contributed by atoms with Crippen molar-refractivity contribution in [2.75, 3.05) is 13.1 Å². The first-order valence-corrected chi connectivity index (χ1v) is 7.01. The van der Waals surface area contributed by atoms with Crippen LogP contribution in [0, 0.1) is 11.3 Å². The number of hydrogen-bond acceptors (Lipinski definition) is 2. The van der Waals surface area contributed by atoms with E-state index in [2.05, 4.69) is 25.7 Å². The van der Waals surface area contributed by atoms with E-state index in [0.29, 0.717) is 17.5 Å². The lowest BCUT2D eigenvalue weighted by Crippen LogP contribution is -2.53. The zero-order valence-electron chi connectivity index (χ0n) is 11.2. The van der Waals surface area contributed by atoms with Crippen molar-refractivity contribution >= 4 is 0 Å². The monoisotopic (exact) mass is 224 g/mol. The van der Waals surface area contributed by atoms with Crippen LogP contribution in [-0.4, -0.2) is 30.1 Å². The van der Waals surface area contributed by atoms with Gasteiger partial charge in [-0.3, -0.25) is 4.90 Å². The third-order valence-corrected chi connectivity index (χ3v) is 4.48. The smallest absolute Gasteiger partial charge is 0.0252 e. The fourth-order valence-electron chi connectivity index (χ4n) is 3.10. The molecule has 2 nitrogen and oxygen atoms in total. The lowest BCUT2D eigenvalue weighted by atomic mass is 9.72. The number of nitrogens with zero attached hydrogens (tertiary/aromatic N) is 1. The van der Waals surface area contributed by atoms with Gasteiger partial charge in [-0.25, -0.2) is 0 Å². The summed E-state index contributed by atoms with van der Waals surface area (Å²) in [5.74, 6) is 0.984. The summed E-state index contributed by atoms with van der Waals surface area (Å²) >= 11 is 0. The van der Waals surface area contributed by atoms with Crippen molar-refractivity contribution < 1.29 is 0 Å². The van der Waals surface area contributed by atoms with Gasteiger partial charge in [-0.2, -0.15) is 0 Å². The minimum absolute atomic E-state index is 0.409. The highest BCUT2D eigenvalue weighted by Crippen LogP contribution is 2.38. The van der Waals surface area contributed by atoms with Gasteiger partial charge in [0.25, 0.3) is 0 Å². The second-order valence-corrected chi connectivity index (χ2v) is 6.67. The molecule has 94 valence electrons. The number of nitrogens with two attached hydrogens (primary N) is 1. The summed E-state index contributed by atoms with van der Waals surface area (Å²) in [5, 5.41) is 0. The molecule has 2 aliphatic carbocycles. The van der Waals surface area contributed by atoms with Crippen molar-refractivity contribution in [3.63, 3.8) is 0 Å². The molecule has 16 heavy (non-hydrogen) atoms. The summed E-state index contributed by atoms with van der Waals surface area (Å²) in [4.78, 5) is 2.66. The van der Waals surface area contributed by atoms with Crippen molar-refractivity contribution in [2.24, 2.45) is 17.1 Å². The van der Waals surface area contributed by atoms with Crippen LogP contribution in [0.4, 0.5) is 0 Å². The van der Waals surface area contributed by atoms with Crippen LogP contribution in [0.3, 0.4) is 0 Å². The molecular weight excluding hydrogens is 196 g/mol. The van der Waals surface area contributed by atoms with Crippen LogP contribution in [0.25, 0.3) is 0 Å². The van der Waals surface area contributed by atoms with Gasteiger partial charge in [-0.15, -0.1) is 0 Å². The maximum atomic E-state index is 6.33. The van der Waals surface area contributed by atoms with Crippen molar-refractivity contribution in [1.29, 1.82) is 0 Å². The molecule has 2 fully saturated rings. The third kappa shape index (κ3) is 2.98. The Morgan fingerprint density at radius 1 is 1.25 bits per heavy atom. The van der Waals surface area contributed by atoms with E-state index < -0.39 is 0 Å². The second kappa shape index (κ2) is 4.66. The number of hydrogen-bond donors (Lipinski definition) is 1. The van der Waals surface area contributed by atoms with E-state index >= 15 is 0 Å². The van der Waals surface area contributed by atoms with E-state index in [1.54, 1.807) is 0 Å². The Labute approximate surface area is 101 Å². The van der Waals surface area contributed by atoms with E-state index in [9.17, 15) is 0 Å². The summed E-state index contributed by atoms with van der Waals surface area (Å²) in [6, 6.07) is 1.04. The summed E-state index contributed by atoms with van der Waals surface area (Å²) in [6.07, 6.45) is 6.68. The van der Waals surface area contributed by atoms with E-state index in [0.717, 1.165) is 5.92 Å². The molecule has 0 spiro atoms. The van der Waals surface area contributed by atoms with Gasteiger partial charge < -0.3 is 5.73 Å². The van der Waals surface area contributed by atoms with E-state index in [1.165, 1.54) is 45.2 Å².